The third-order valence-electron chi connectivity index (χ3n) is 3.77. The molecule has 8 nitrogen and oxygen atoms in total. The Bertz CT molecular complexity index is 970. The second-order valence-electron chi connectivity index (χ2n) is 6.86. The van der Waals surface area contributed by atoms with Gasteiger partial charge in [-0.15, -0.1) is 0 Å². The molecule has 2 amide bonds. The van der Waals surface area contributed by atoms with E-state index in [1.807, 2.05) is 0 Å². The number of benzene rings is 2. The van der Waals surface area contributed by atoms with Crippen LogP contribution in [0, 0.1) is 0 Å². The number of carbonyl (C=O) groups is 2. The van der Waals surface area contributed by atoms with E-state index in [0.717, 1.165) is 0 Å². The summed E-state index contributed by atoms with van der Waals surface area (Å²) in [7, 11) is -0.406. The van der Waals surface area contributed by atoms with E-state index in [-0.39, 0.29) is 29.0 Å². The zero-order valence-corrected chi connectivity index (χ0v) is 17.6. The monoisotopic (exact) mass is 419 g/mol. The van der Waals surface area contributed by atoms with Crippen molar-refractivity contribution in [1.82, 2.24) is 9.62 Å². The second kappa shape index (κ2) is 9.53. The van der Waals surface area contributed by atoms with Crippen LogP contribution in [0.3, 0.4) is 0 Å². The molecule has 0 fully saturated rings. The van der Waals surface area contributed by atoms with Gasteiger partial charge in [0.2, 0.25) is 10.0 Å². The van der Waals surface area contributed by atoms with Crippen LogP contribution in [0.4, 0.5) is 5.69 Å². The van der Waals surface area contributed by atoms with E-state index in [9.17, 15) is 18.0 Å². The minimum absolute atomic E-state index is 0.0214. The summed E-state index contributed by atoms with van der Waals surface area (Å²) in [6.07, 6.45) is 0. The van der Waals surface area contributed by atoms with Gasteiger partial charge in [-0.05, 0) is 56.3 Å². The topological polar surface area (TPSA) is 105 Å². The molecule has 0 unspecified atom stereocenters. The quantitative estimate of drug-likeness (QED) is 0.682. The number of likely N-dealkylation sites (N-methyl/N-ethyl adjacent to an activating group) is 1. The molecule has 29 heavy (non-hydrogen) atoms. The summed E-state index contributed by atoms with van der Waals surface area (Å²) >= 11 is 0. The number of nitrogens with one attached hydrogen (secondary N) is 2. The van der Waals surface area contributed by atoms with E-state index in [4.69, 9.17) is 4.74 Å². The van der Waals surface area contributed by atoms with Gasteiger partial charge < -0.3 is 15.0 Å². The average Bonchev–Trinajstić information content (AvgIpc) is 2.66. The Kier molecular flexibility index (Phi) is 7.35. The zero-order valence-electron chi connectivity index (χ0n) is 16.8. The predicted molar refractivity (Wildman–Crippen MR) is 110 cm³/mol. The number of hydrogen-bond acceptors (Lipinski definition) is 5. The van der Waals surface area contributed by atoms with Gasteiger partial charge in [0.1, 0.15) is 5.75 Å². The van der Waals surface area contributed by atoms with Gasteiger partial charge in [0.15, 0.2) is 6.61 Å². The molecule has 2 aromatic rings. The van der Waals surface area contributed by atoms with Crippen LogP contribution in [0.5, 0.6) is 5.75 Å². The van der Waals surface area contributed by atoms with Crippen LogP contribution >= 0.6 is 0 Å². The van der Waals surface area contributed by atoms with Crippen molar-refractivity contribution in [3.8, 4) is 5.75 Å². The van der Waals surface area contributed by atoms with Crippen molar-refractivity contribution in [1.29, 1.82) is 0 Å². The Balaban J connectivity index is 2.05. The Labute approximate surface area is 170 Å². The Hall–Kier alpha value is -2.91. The van der Waals surface area contributed by atoms with Gasteiger partial charge in [0, 0.05) is 31.4 Å². The van der Waals surface area contributed by atoms with Crippen molar-refractivity contribution >= 4 is 27.5 Å². The molecule has 9 heteroatoms. The first-order valence-corrected chi connectivity index (χ1v) is 10.4. The molecule has 0 saturated heterocycles. The summed E-state index contributed by atoms with van der Waals surface area (Å²) in [4.78, 5) is 25.5. The lowest BCUT2D eigenvalue weighted by Gasteiger charge is -2.12. The summed E-state index contributed by atoms with van der Waals surface area (Å²) in [6.45, 7) is 3.36. The van der Waals surface area contributed by atoms with Crippen LogP contribution in [-0.4, -0.2) is 51.9 Å². The van der Waals surface area contributed by atoms with Crippen LogP contribution in [0.1, 0.15) is 24.2 Å². The molecular weight excluding hydrogens is 394 g/mol. The minimum atomic E-state index is -3.69. The molecule has 0 aromatic heterocycles. The van der Waals surface area contributed by atoms with E-state index < -0.39 is 15.9 Å². The Morgan fingerprint density at radius 1 is 1.07 bits per heavy atom. The third-order valence-corrected chi connectivity index (χ3v) is 5.43. The molecule has 0 saturated carbocycles. The van der Waals surface area contributed by atoms with Crippen LogP contribution < -0.4 is 14.8 Å². The van der Waals surface area contributed by atoms with Crippen LogP contribution in [0.25, 0.3) is 0 Å². The lowest BCUT2D eigenvalue weighted by Crippen LogP contribution is -2.30. The highest BCUT2D eigenvalue weighted by atomic mass is 32.2. The van der Waals surface area contributed by atoms with Gasteiger partial charge in [-0.25, -0.2) is 13.1 Å². The van der Waals surface area contributed by atoms with E-state index in [0.29, 0.717) is 11.4 Å². The fourth-order valence-electron chi connectivity index (χ4n) is 2.29. The van der Waals surface area contributed by atoms with Crippen molar-refractivity contribution in [3.05, 3.63) is 54.1 Å². The lowest BCUT2D eigenvalue weighted by atomic mass is 10.2. The van der Waals surface area contributed by atoms with Gasteiger partial charge in [-0.2, -0.15) is 0 Å². The molecule has 0 spiro atoms. The molecule has 2 rings (SSSR count). The fourth-order valence-corrected chi connectivity index (χ4v) is 3.59. The highest BCUT2D eigenvalue weighted by Gasteiger charge is 2.17. The van der Waals surface area contributed by atoms with Crippen molar-refractivity contribution < 1.29 is 22.7 Å². The number of ether oxygens (including phenoxy) is 1. The Morgan fingerprint density at radius 3 is 2.31 bits per heavy atom. The van der Waals surface area contributed by atoms with E-state index >= 15 is 0 Å². The first kappa shape index (κ1) is 22.4. The van der Waals surface area contributed by atoms with Crippen LogP contribution in [-0.2, 0) is 14.8 Å². The number of sulfonamides is 1. The van der Waals surface area contributed by atoms with Gasteiger partial charge in [0.05, 0.1) is 4.90 Å². The maximum Gasteiger partial charge on any atom is 0.259 e. The number of nitrogens with zero attached hydrogens (tertiary/aromatic N) is 1. The molecule has 0 aliphatic heterocycles. The van der Waals surface area contributed by atoms with Crippen molar-refractivity contribution in [2.24, 2.45) is 0 Å². The first-order valence-electron chi connectivity index (χ1n) is 8.95. The molecule has 156 valence electrons. The van der Waals surface area contributed by atoms with E-state index in [2.05, 4.69) is 10.0 Å². The highest BCUT2D eigenvalue weighted by molar-refractivity contribution is 7.89. The SMILES string of the molecule is CC(C)NS(=O)(=O)c1cccc(C(=O)Nc2ccc(OCC(=O)N(C)C)cc2)c1. The third kappa shape index (κ3) is 6.58. The number of rotatable bonds is 8. The highest BCUT2D eigenvalue weighted by Crippen LogP contribution is 2.18. The lowest BCUT2D eigenvalue weighted by molar-refractivity contribution is -0.130. The molecular formula is C20H25N3O5S. The summed E-state index contributed by atoms with van der Waals surface area (Å²) in [5, 5.41) is 2.70. The number of hydrogen-bond donors (Lipinski definition) is 2. The molecule has 0 aliphatic carbocycles. The molecule has 2 aromatic carbocycles. The van der Waals surface area contributed by atoms with Gasteiger partial charge in [-0.1, -0.05) is 6.07 Å². The summed E-state index contributed by atoms with van der Waals surface area (Å²) in [5.74, 6) is -0.113. The van der Waals surface area contributed by atoms with Gasteiger partial charge >= 0.3 is 0 Å². The number of anilines is 1. The largest absolute Gasteiger partial charge is 0.484 e. The normalized spacial score (nSPS) is 11.2. The number of carbonyl (C=O) groups excluding carboxylic acids is 2. The maximum atomic E-state index is 12.5. The smallest absolute Gasteiger partial charge is 0.259 e. The molecule has 0 radical (unpaired) electrons. The van der Waals surface area contributed by atoms with E-state index in [1.54, 1.807) is 52.2 Å². The average molecular weight is 420 g/mol. The summed E-state index contributed by atoms with van der Waals surface area (Å²) in [5.41, 5.74) is 0.725. The first-order chi connectivity index (χ1) is 13.6. The van der Waals surface area contributed by atoms with Crippen molar-refractivity contribution in [2.45, 2.75) is 24.8 Å². The molecule has 2 N–H and O–H groups in total. The number of amides is 2. The second-order valence-corrected chi connectivity index (χ2v) is 8.57. The molecule has 0 atom stereocenters. The van der Waals surface area contributed by atoms with Crippen molar-refractivity contribution in [2.75, 3.05) is 26.0 Å². The standard InChI is InChI=1S/C20H25N3O5S/c1-14(2)22-29(26,27)18-7-5-6-15(12-18)20(25)21-16-8-10-17(11-9-16)28-13-19(24)23(3)4/h5-12,14,22H,13H2,1-4H3,(H,21,25). The zero-order chi connectivity index (χ0) is 21.6. The maximum absolute atomic E-state index is 12.5. The molecule has 0 bridgehead atoms. The predicted octanol–water partition coefficient (Wildman–Crippen LogP) is 2.09. The van der Waals surface area contributed by atoms with Gasteiger partial charge in [-0.3, -0.25) is 9.59 Å². The minimum Gasteiger partial charge on any atom is -0.484 e. The Morgan fingerprint density at radius 2 is 1.72 bits per heavy atom. The van der Waals surface area contributed by atoms with Crippen LogP contribution in [0.15, 0.2) is 53.4 Å². The van der Waals surface area contributed by atoms with Crippen LogP contribution in [0.2, 0.25) is 0 Å². The summed E-state index contributed by atoms with van der Waals surface area (Å²) < 4.78 is 32.4. The van der Waals surface area contributed by atoms with Gasteiger partial charge in [0.25, 0.3) is 11.8 Å². The van der Waals surface area contributed by atoms with Crippen molar-refractivity contribution in [3.63, 3.8) is 0 Å². The fraction of sp³-hybridized carbons (Fsp3) is 0.300. The molecule has 0 heterocycles. The van der Waals surface area contributed by atoms with E-state index in [1.165, 1.54) is 29.2 Å². The summed E-state index contributed by atoms with van der Waals surface area (Å²) in [6, 6.07) is 12.1. The molecule has 0 aliphatic rings.